The van der Waals surface area contributed by atoms with E-state index in [1.807, 2.05) is 54.6 Å². The number of aliphatic carboxylic acids is 1. The van der Waals surface area contributed by atoms with Crippen LogP contribution in [0.1, 0.15) is 81.4 Å². The van der Waals surface area contributed by atoms with Crippen LogP contribution in [0, 0.1) is 11.3 Å². The minimum absolute atomic E-state index is 0.0348. The highest BCUT2D eigenvalue weighted by Gasteiger charge is 2.32. The SMILES string of the molecule is CC(C)(CCCCNC(=O)[C@H](c1ccc(CN2N=C(c3ccccc3)OCC2=O)cc1)C1CCCC1)C(=O)O. The molecule has 4 rings (SSSR count). The van der Waals surface area contributed by atoms with Gasteiger partial charge in [0.1, 0.15) is 0 Å². The van der Waals surface area contributed by atoms with E-state index in [0.29, 0.717) is 31.3 Å². The molecule has 1 saturated carbocycles. The van der Waals surface area contributed by atoms with Gasteiger partial charge in [0.25, 0.3) is 5.91 Å². The summed E-state index contributed by atoms with van der Waals surface area (Å²) in [5.74, 6) is -0.444. The molecule has 208 valence electrons. The van der Waals surface area contributed by atoms with Gasteiger partial charge < -0.3 is 15.2 Å². The summed E-state index contributed by atoms with van der Waals surface area (Å²) in [5, 5.41) is 18.3. The highest BCUT2D eigenvalue weighted by molar-refractivity contribution is 5.97. The summed E-state index contributed by atoms with van der Waals surface area (Å²) in [5.41, 5.74) is 1.98. The Morgan fingerprint density at radius 1 is 1.08 bits per heavy atom. The first kappa shape index (κ1) is 28.3. The van der Waals surface area contributed by atoms with Gasteiger partial charge in [-0.1, -0.05) is 61.7 Å². The molecule has 1 aliphatic carbocycles. The maximum Gasteiger partial charge on any atom is 0.309 e. The molecule has 1 fully saturated rings. The van der Waals surface area contributed by atoms with Crippen molar-refractivity contribution in [2.75, 3.05) is 13.2 Å². The van der Waals surface area contributed by atoms with Crippen LogP contribution in [0.4, 0.5) is 0 Å². The molecule has 1 aliphatic heterocycles. The summed E-state index contributed by atoms with van der Waals surface area (Å²) in [6.45, 7) is 4.28. The number of hydrazone groups is 1. The maximum absolute atomic E-state index is 13.3. The number of carbonyl (C=O) groups excluding carboxylic acids is 2. The standard InChI is InChI=1S/C31H39N3O5/c1-31(2,30(37)38)18-8-9-19-32-28(36)27(23-10-6-7-11-23)24-16-14-22(15-17-24)20-34-26(35)21-39-29(33-34)25-12-4-3-5-13-25/h3-5,12-17,23,27H,6-11,18-21H2,1-2H3,(H,32,36)(H,37,38)/t27-/m0/s1. The number of hydrogen-bond donors (Lipinski definition) is 2. The van der Waals surface area contributed by atoms with Crippen molar-refractivity contribution in [2.45, 2.75) is 71.3 Å². The molecular weight excluding hydrogens is 494 g/mol. The third kappa shape index (κ3) is 7.46. The van der Waals surface area contributed by atoms with Crippen molar-refractivity contribution < 1.29 is 24.2 Å². The summed E-state index contributed by atoms with van der Waals surface area (Å²) in [6.07, 6.45) is 6.41. The van der Waals surface area contributed by atoms with Crippen molar-refractivity contribution in [1.29, 1.82) is 0 Å². The maximum atomic E-state index is 13.3. The van der Waals surface area contributed by atoms with E-state index in [2.05, 4.69) is 10.4 Å². The van der Waals surface area contributed by atoms with Crippen molar-refractivity contribution in [2.24, 2.45) is 16.4 Å². The average molecular weight is 534 g/mol. The molecule has 0 bridgehead atoms. The van der Waals surface area contributed by atoms with Crippen LogP contribution in [-0.2, 0) is 25.7 Å². The van der Waals surface area contributed by atoms with Gasteiger partial charge in [0, 0.05) is 12.1 Å². The summed E-state index contributed by atoms with van der Waals surface area (Å²) < 4.78 is 5.54. The molecule has 2 aliphatic rings. The predicted octanol–water partition coefficient (Wildman–Crippen LogP) is 5.08. The van der Waals surface area contributed by atoms with Crippen LogP contribution in [0.2, 0.25) is 0 Å². The summed E-state index contributed by atoms with van der Waals surface area (Å²) >= 11 is 0. The van der Waals surface area contributed by atoms with Crippen molar-refractivity contribution in [3.05, 3.63) is 71.3 Å². The van der Waals surface area contributed by atoms with Crippen molar-refractivity contribution in [3.8, 4) is 0 Å². The zero-order chi connectivity index (χ0) is 27.8. The lowest BCUT2D eigenvalue weighted by molar-refractivity contribution is -0.147. The fourth-order valence-electron chi connectivity index (χ4n) is 5.30. The van der Waals surface area contributed by atoms with Crippen molar-refractivity contribution >= 4 is 23.7 Å². The third-order valence-electron chi connectivity index (χ3n) is 7.78. The quantitative estimate of drug-likeness (QED) is 0.370. The van der Waals surface area contributed by atoms with Crippen LogP contribution < -0.4 is 5.32 Å². The van der Waals surface area contributed by atoms with Gasteiger partial charge in [0.15, 0.2) is 6.61 Å². The first-order valence-corrected chi connectivity index (χ1v) is 13.9. The number of nitrogens with one attached hydrogen (secondary N) is 1. The molecule has 1 atom stereocenters. The van der Waals surface area contributed by atoms with Crippen LogP contribution in [0.25, 0.3) is 0 Å². The third-order valence-corrected chi connectivity index (χ3v) is 7.78. The van der Waals surface area contributed by atoms with Gasteiger partial charge in [-0.05, 0) is 68.7 Å². The number of carboxylic acids is 1. The Kier molecular flexibility index (Phi) is 9.38. The molecule has 39 heavy (non-hydrogen) atoms. The van der Waals surface area contributed by atoms with E-state index in [0.717, 1.165) is 55.2 Å². The molecule has 2 aromatic rings. The average Bonchev–Trinajstić information content (AvgIpc) is 3.45. The summed E-state index contributed by atoms with van der Waals surface area (Å²) in [4.78, 5) is 37.1. The van der Waals surface area contributed by atoms with Crippen molar-refractivity contribution in [3.63, 3.8) is 0 Å². The van der Waals surface area contributed by atoms with Crippen LogP contribution in [-0.4, -0.2) is 46.9 Å². The Morgan fingerprint density at radius 3 is 2.44 bits per heavy atom. The number of nitrogens with zero attached hydrogens (tertiary/aromatic N) is 2. The molecule has 8 nitrogen and oxygen atoms in total. The Balaban J connectivity index is 1.38. The monoisotopic (exact) mass is 533 g/mol. The fraction of sp³-hybridized carbons (Fsp3) is 0.484. The molecule has 0 saturated heterocycles. The number of hydrogen-bond acceptors (Lipinski definition) is 5. The smallest absolute Gasteiger partial charge is 0.309 e. The van der Waals surface area contributed by atoms with Gasteiger partial charge in [-0.15, -0.1) is 5.10 Å². The molecule has 0 radical (unpaired) electrons. The van der Waals surface area contributed by atoms with Crippen LogP contribution >= 0.6 is 0 Å². The Labute approximate surface area is 230 Å². The molecule has 1 heterocycles. The molecule has 0 unspecified atom stereocenters. The molecule has 2 aromatic carbocycles. The van der Waals surface area contributed by atoms with Crippen LogP contribution in [0.3, 0.4) is 0 Å². The second kappa shape index (κ2) is 12.9. The van der Waals surface area contributed by atoms with Gasteiger partial charge in [0.2, 0.25) is 11.8 Å². The van der Waals surface area contributed by atoms with E-state index in [4.69, 9.17) is 4.74 Å². The summed E-state index contributed by atoms with van der Waals surface area (Å²) in [7, 11) is 0. The molecule has 0 spiro atoms. The van der Waals surface area contributed by atoms with Crippen molar-refractivity contribution in [1.82, 2.24) is 10.3 Å². The van der Waals surface area contributed by atoms with Gasteiger partial charge in [-0.3, -0.25) is 14.4 Å². The van der Waals surface area contributed by atoms with E-state index in [1.54, 1.807) is 13.8 Å². The van der Waals surface area contributed by atoms with Crippen LogP contribution in [0.5, 0.6) is 0 Å². The topological polar surface area (TPSA) is 108 Å². The second-order valence-corrected chi connectivity index (χ2v) is 11.2. The van der Waals surface area contributed by atoms with Gasteiger partial charge in [-0.2, -0.15) is 0 Å². The Bertz CT molecular complexity index is 1170. The number of unbranched alkanes of at least 4 members (excludes halogenated alkanes) is 1. The number of carboxylic acid groups (broad SMARTS) is 1. The first-order chi connectivity index (χ1) is 18.7. The normalized spacial score (nSPS) is 16.9. The highest BCUT2D eigenvalue weighted by atomic mass is 16.5. The lowest BCUT2D eigenvalue weighted by Gasteiger charge is -2.25. The lowest BCUT2D eigenvalue weighted by atomic mass is 9.83. The van der Waals surface area contributed by atoms with E-state index < -0.39 is 11.4 Å². The van der Waals surface area contributed by atoms with Gasteiger partial charge in [-0.25, -0.2) is 5.01 Å². The number of amides is 2. The van der Waals surface area contributed by atoms with E-state index in [-0.39, 0.29) is 24.3 Å². The summed E-state index contributed by atoms with van der Waals surface area (Å²) in [6, 6.07) is 17.5. The number of carbonyl (C=O) groups is 3. The van der Waals surface area contributed by atoms with E-state index in [1.165, 1.54) is 5.01 Å². The Hall–Kier alpha value is -3.68. The molecule has 8 heteroatoms. The fourth-order valence-corrected chi connectivity index (χ4v) is 5.30. The second-order valence-electron chi connectivity index (χ2n) is 11.2. The number of benzene rings is 2. The van der Waals surface area contributed by atoms with Crippen LogP contribution in [0.15, 0.2) is 59.7 Å². The van der Waals surface area contributed by atoms with Gasteiger partial charge in [0.05, 0.1) is 17.9 Å². The molecule has 0 aromatic heterocycles. The van der Waals surface area contributed by atoms with E-state index in [9.17, 15) is 19.5 Å². The van der Waals surface area contributed by atoms with E-state index >= 15 is 0 Å². The zero-order valence-electron chi connectivity index (χ0n) is 22.9. The largest absolute Gasteiger partial charge is 0.481 e. The number of ether oxygens (including phenoxy) is 1. The zero-order valence-corrected chi connectivity index (χ0v) is 22.9. The lowest BCUT2D eigenvalue weighted by Crippen LogP contribution is -2.36. The molecule has 2 amide bonds. The number of rotatable bonds is 12. The molecular formula is C31H39N3O5. The minimum atomic E-state index is -0.794. The minimum Gasteiger partial charge on any atom is -0.481 e. The highest BCUT2D eigenvalue weighted by Crippen LogP contribution is 2.37. The Morgan fingerprint density at radius 2 is 1.77 bits per heavy atom. The predicted molar refractivity (Wildman–Crippen MR) is 149 cm³/mol. The van der Waals surface area contributed by atoms with Gasteiger partial charge >= 0.3 is 5.97 Å². The first-order valence-electron chi connectivity index (χ1n) is 13.9. The molecule has 2 N–H and O–H groups in total.